The maximum absolute atomic E-state index is 10.7. The van der Waals surface area contributed by atoms with Gasteiger partial charge in [-0.25, -0.2) is 9.78 Å². The van der Waals surface area contributed by atoms with Gasteiger partial charge < -0.3 is 9.52 Å². The van der Waals surface area contributed by atoms with Crippen LogP contribution in [0.3, 0.4) is 0 Å². The highest BCUT2D eigenvalue weighted by molar-refractivity contribution is 5.95. The normalized spacial score (nSPS) is 11.0. The lowest BCUT2D eigenvalue weighted by molar-refractivity contribution is 0.0664. The summed E-state index contributed by atoms with van der Waals surface area (Å²) < 4.78 is 5.13. The van der Waals surface area contributed by atoms with Gasteiger partial charge in [0.05, 0.1) is 5.52 Å². The molecule has 4 nitrogen and oxygen atoms in total. The molecule has 3 aromatic rings. The predicted molar refractivity (Wildman–Crippen MR) is 58.5 cm³/mol. The number of rotatable bonds is 1. The number of benzene rings is 1. The lowest BCUT2D eigenvalue weighted by Gasteiger charge is -1.94. The van der Waals surface area contributed by atoms with Gasteiger partial charge in [-0.15, -0.1) is 0 Å². The number of furan rings is 1. The molecule has 0 aliphatic heterocycles. The lowest BCUT2D eigenvalue weighted by Crippen LogP contribution is -1.91. The maximum Gasteiger partial charge on any atom is 0.371 e. The molecule has 0 spiro atoms. The number of aromatic nitrogens is 1. The number of para-hydroxylation sites is 1. The molecule has 3 rings (SSSR count). The zero-order chi connectivity index (χ0) is 11.1. The molecule has 16 heavy (non-hydrogen) atoms. The summed E-state index contributed by atoms with van der Waals surface area (Å²) in [5.74, 6) is -1.17. The summed E-state index contributed by atoms with van der Waals surface area (Å²) in [6, 6.07) is 10.9. The lowest BCUT2D eigenvalue weighted by atomic mass is 10.2. The van der Waals surface area contributed by atoms with Crippen molar-refractivity contribution in [3.8, 4) is 0 Å². The molecule has 1 N–H and O–H groups in total. The average Bonchev–Trinajstić information content (AvgIpc) is 2.68. The minimum atomic E-state index is -1.08. The summed E-state index contributed by atoms with van der Waals surface area (Å²) in [6.07, 6.45) is 0. The smallest absolute Gasteiger partial charge is 0.371 e. The fourth-order valence-electron chi connectivity index (χ4n) is 1.68. The second kappa shape index (κ2) is 3.06. The van der Waals surface area contributed by atoms with Crippen molar-refractivity contribution < 1.29 is 14.3 Å². The summed E-state index contributed by atoms with van der Waals surface area (Å²) >= 11 is 0. The van der Waals surface area contributed by atoms with Crippen LogP contribution in [0.25, 0.3) is 22.0 Å². The van der Waals surface area contributed by atoms with E-state index in [9.17, 15) is 4.79 Å². The van der Waals surface area contributed by atoms with E-state index in [0.717, 1.165) is 10.9 Å². The van der Waals surface area contributed by atoms with E-state index in [4.69, 9.17) is 9.52 Å². The van der Waals surface area contributed by atoms with Crippen LogP contribution in [0, 0.1) is 0 Å². The van der Waals surface area contributed by atoms with Crippen molar-refractivity contribution >= 4 is 28.0 Å². The van der Waals surface area contributed by atoms with Crippen LogP contribution in [0.15, 0.2) is 40.8 Å². The zero-order valence-electron chi connectivity index (χ0n) is 8.18. The Bertz CT molecular complexity index is 647. The molecule has 78 valence electrons. The highest BCUT2D eigenvalue weighted by atomic mass is 16.4. The third-order valence-corrected chi connectivity index (χ3v) is 2.42. The number of nitrogens with zero attached hydrogens (tertiary/aromatic N) is 1. The third-order valence-electron chi connectivity index (χ3n) is 2.42. The van der Waals surface area contributed by atoms with E-state index < -0.39 is 5.97 Å². The van der Waals surface area contributed by atoms with E-state index in [1.54, 1.807) is 0 Å². The first-order valence-electron chi connectivity index (χ1n) is 4.77. The Morgan fingerprint density at radius 1 is 1.19 bits per heavy atom. The number of carboxylic acids is 1. The van der Waals surface area contributed by atoms with Gasteiger partial charge in [0, 0.05) is 16.8 Å². The number of hydrogen-bond acceptors (Lipinski definition) is 3. The van der Waals surface area contributed by atoms with Gasteiger partial charge in [0.1, 0.15) is 0 Å². The van der Waals surface area contributed by atoms with Crippen molar-refractivity contribution in [2.45, 2.75) is 0 Å². The fraction of sp³-hybridized carbons (Fsp3) is 0. The minimum Gasteiger partial charge on any atom is -0.475 e. The van der Waals surface area contributed by atoms with Gasteiger partial charge in [-0.2, -0.15) is 0 Å². The maximum atomic E-state index is 10.7. The van der Waals surface area contributed by atoms with Gasteiger partial charge in [0.25, 0.3) is 0 Å². The first-order chi connectivity index (χ1) is 7.74. The van der Waals surface area contributed by atoms with Gasteiger partial charge in [-0.1, -0.05) is 18.2 Å². The van der Waals surface area contributed by atoms with Gasteiger partial charge in [0.2, 0.25) is 11.5 Å². The second-order valence-corrected chi connectivity index (χ2v) is 3.49. The average molecular weight is 213 g/mol. The van der Waals surface area contributed by atoms with Crippen molar-refractivity contribution in [1.82, 2.24) is 4.98 Å². The molecule has 0 unspecified atom stereocenters. The van der Waals surface area contributed by atoms with Crippen molar-refractivity contribution in [2.24, 2.45) is 0 Å². The largest absolute Gasteiger partial charge is 0.475 e. The van der Waals surface area contributed by atoms with Crippen LogP contribution in [0.2, 0.25) is 0 Å². The van der Waals surface area contributed by atoms with Crippen molar-refractivity contribution in [1.29, 1.82) is 0 Å². The van der Waals surface area contributed by atoms with Gasteiger partial charge in [-0.3, -0.25) is 0 Å². The molecule has 2 heterocycles. The molecule has 0 aliphatic rings. The van der Waals surface area contributed by atoms with Crippen LogP contribution in [0.4, 0.5) is 0 Å². The van der Waals surface area contributed by atoms with Crippen molar-refractivity contribution in [3.63, 3.8) is 0 Å². The molecule has 0 atom stereocenters. The number of pyridine rings is 1. The Hall–Kier alpha value is -2.36. The van der Waals surface area contributed by atoms with Crippen LogP contribution in [0.5, 0.6) is 0 Å². The quantitative estimate of drug-likeness (QED) is 0.675. The van der Waals surface area contributed by atoms with E-state index >= 15 is 0 Å². The van der Waals surface area contributed by atoms with Gasteiger partial charge in [0.15, 0.2) is 0 Å². The SMILES string of the molecule is O=C(O)c1cc2cc3ccccc3nc2o1. The van der Waals surface area contributed by atoms with E-state index in [0.29, 0.717) is 11.1 Å². The molecule has 1 aromatic carbocycles. The molecule has 0 amide bonds. The van der Waals surface area contributed by atoms with E-state index in [1.807, 2.05) is 30.3 Å². The Morgan fingerprint density at radius 2 is 2.00 bits per heavy atom. The molecule has 4 heteroatoms. The summed E-state index contributed by atoms with van der Waals surface area (Å²) in [4.78, 5) is 15.0. The molecule has 0 saturated heterocycles. The van der Waals surface area contributed by atoms with Crippen LogP contribution >= 0.6 is 0 Å². The number of hydrogen-bond donors (Lipinski definition) is 1. The monoisotopic (exact) mass is 213 g/mol. The Kier molecular flexibility index (Phi) is 1.71. The van der Waals surface area contributed by atoms with Gasteiger partial charge >= 0.3 is 5.97 Å². The molecule has 0 fully saturated rings. The second-order valence-electron chi connectivity index (χ2n) is 3.49. The summed E-state index contributed by atoms with van der Waals surface area (Å²) in [6.45, 7) is 0. The molecule has 0 radical (unpaired) electrons. The van der Waals surface area contributed by atoms with Crippen LogP contribution < -0.4 is 0 Å². The van der Waals surface area contributed by atoms with Crippen LogP contribution in [-0.4, -0.2) is 16.1 Å². The van der Waals surface area contributed by atoms with Gasteiger partial charge in [-0.05, 0) is 12.1 Å². The molecule has 2 aromatic heterocycles. The van der Waals surface area contributed by atoms with E-state index in [-0.39, 0.29) is 5.76 Å². The Morgan fingerprint density at radius 3 is 2.81 bits per heavy atom. The first-order valence-corrected chi connectivity index (χ1v) is 4.77. The predicted octanol–water partition coefficient (Wildman–Crippen LogP) is 2.68. The number of fused-ring (bicyclic) bond motifs is 2. The topological polar surface area (TPSA) is 63.3 Å². The Labute approximate surface area is 90.1 Å². The van der Waals surface area contributed by atoms with Crippen LogP contribution in [-0.2, 0) is 0 Å². The molecular weight excluding hydrogens is 206 g/mol. The highest BCUT2D eigenvalue weighted by Gasteiger charge is 2.11. The van der Waals surface area contributed by atoms with E-state index in [2.05, 4.69) is 4.98 Å². The fourth-order valence-corrected chi connectivity index (χ4v) is 1.68. The standard InChI is InChI=1S/C12H7NO3/c14-12(15)10-6-8-5-7-3-1-2-4-9(7)13-11(8)16-10/h1-6H,(H,14,15). The Balaban J connectivity index is 2.38. The minimum absolute atomic E-state index is 0.0854. The highest BCUT2D eigenvalue weighted by Crippen LogP contribution is 2.22. The first kappa shape index (κ1) is 8.91. The summed E-state index contributed by atoms with van der Waals surface area (Å²) in [5, 5.41) is 10.5. The van der Waals surface area contributed by atoms with E-state index in [1.165, 1.54) is 6.07 Å². The van der Waals surface area contributed by atoms with Crippen molar-refractivity contribution in [2.75, 3.05) is 0 Å². The molecule has 0 saturated carbocycles. The van der Waals surface area contributed by atoms with Crippen LogP contribution in [0.1, 0.15) is 10.6 Å². The number of carbonyl (C=O) groups is 1. The molecule has 0 aliphatic carbocycles. The molecule has 0 bridgehead atoms. The summed E-state index contributed by atoms with van der Waals surface area (Å²) in [5.41, 5.74) is 1.15. The van der Waals surface area contributed by atoms with Crippen molar-refractivity contribution in [3.05, 3.63) is 42.2 Å². The molecular formula is C12H7NO3. The zero-order valence-corrected chi connectivity index (χ0v) is 8.18. The third kappa shape index (κ3) is 1.24. The summed E-state index contributed by atoms with van der Waals surface area (Å²) in [7, 11) is 0. The number of carboxylic acid groups (broad SMARTS) is 1. The number of aromatic carboxylic acids is 1.